The largest absolute Gasteiger partial charge is 0.508 e. The molecule has 0 radical (unpaired) electrons. The van der Waals surface area contributed by atoms with E-state index < -0.39 is 0 Å². The Bertz CT molecular complexity index is 538. The van der Waals surface area contributed by atoms with Crippen LogP contribution in [0.2, 0.25) is 0 Å². The molecule has 0 aliphatic carbocycles. The Hall–Kier alpha value is -2.20. The first kappa shape index (κ1) is 13.2. The minimum atomic E-state index is 0.146. The summed E-state index contributed by atoms with van der Waals surface area (Å²) in [5.41, 5.74) is 1.80. The predicted molar refractivity (Wildman–Crippen MR) is 73.3 cm³/mol. The van der Waals surface area contributed by atoms with Crippen LogP contribution in [0.4, 0.5) is 0 Å². The normalized spacial score (nSPS) is 10.5. The Morgan fingerprint density at radius 3 is 2.26 bits per heavy atom. The molecule has 2 aromatic carbocycles. The lowest BCUT2D eigenvalue weighted by atomic mass is 10.1. The summed E-state index contributed by atoms with van der Waals surface area (Å²) in [6.07, 6.45) is 0.833. The van der Waals surface area contributed by atoms with Crippen molar-refractivity contribution in [2.75, 3.05) is 6.54 Å². The van der Waals surface area contributed by atoms with Gasteiger partial charge < -0.3 is 20.6 Å². The highest BCUT2D eigenvalue weighted by molar-refractivity contribution is 5.38. The molecule has 4 heteroatoms. The Morgan fingerprint density at radius 2 is 1.53 bits per heavy atom. The van der Waals surface area contributed by atoms with E-state index in [9.17, 15) is 10.2 Å². The summed E-state index contributed by atoms with van der Waals surface area (Å²) in [6, 6.07) is 11.6. The number of aromatic hydroxyl groups is 3. The van der Waals surface area contributed by atoms with Crippen molar-refractivity contribution in [3.05, 3.63) is 53.6 Å². The van der Waals surface area contributed by atoms with Crippen molar-refractivity contribution < 1.29 is 15.3 Å². The van der Waals surface area contributed by atoms with Crippen molar-refractivity contribution >= 4 is 0 Å². The summed E-state index contributed by atoms with van der Waals surface area (Å²) < 4.78 is 0. The molecule has 0 heterocycles. The SMILES string of the molecule is Oc1ccc(CCNCc2cc(O)ccc2O)cc1. The summed E-state index contributed by atoms with van der Waals surface area (Å²) in [5, 5.41) is 31.3. The Balaban J connectivity index is 1.80. The van der Waals surface area contributed by atoms with Crippen LogP contribution < -0.4 is 5.32 Å². The van der Waals surface area contributed by atoms with E-state index in [4.69, 9.17) is 5.11 Å². The fourth-order valence-electron chi connectivity index (χ4n) is 1.83. The smallest absolute Gasteiger partial charge is 0.120 e. The van der Waals surface area contributed by atoms with Crippen LogP contribution >= 0.6 is 0 Å². The van der Waals surface area contributed by atoms with Gasteiger partial charge in [-0.15, -0.1) is 0 Å². The van der Waals surface area contributed by atoms with Crippen molar-refractivity contribution in [1.82, 2.24) is 5.32 Å². The quantitative estimate of drug-likeness (QED) is 0.490. The molecule has 2 rings (SSSR count). The summed E-state index contributed by atoms with van der Waals surface area (Å²) in [7, 11) is 0. The second-order valence-electron chi connectivity index (χ2n) is 4.41. The first-order chi connectivity index (χ1) is 9.15. The average Bonchev–Trinajstić information content (AvgIpc) is 2.40. The molecule has 19 heavy (non-hydrogen) atoms. The van der Waals surface area contributed by atoms with E-state index in [1.165, 1.54) is 12.1 Å². The number of hydrogen-bond acceptors (Lipinski definition) is 4. The Morgan fingerprint density at radius 1 is 0.842 bits per heavy atom. The lowest BCUT2D eigenvalue weighted by Crippen LogP contribution is -2.16. The lowest BCUT2D eigenvalue weighted by Gasteiger charge is -2.07. The molecule has 0 saturated carbocycles. The van der Waals surface area contributed by atoms with Crippen LogP contribution in [0.15, 0.2) is 42.5 Å². The monoisotopic (exact) mass is 259 g/mol. The van der Waals surface area contributed by atoms with E-state index >= 15 is 0 Å². The number of benzene rings is 2. The van der Waals surface area contributed by atoms with Crippen LogP contribution in [0.25, 0.3) is 0 Å². The molecule has 0 fully saturated rings. The Labute approximate surface area is 112 Å². The van der Waals surface area contributed by atoms with Gasteiger partial charge in [0.15, 0.2) is 0 Å². The zero-order valence-electron chi connectivity index (χ0n) is 10.5. The van der Waals surface area contributed by atoms with E-state index in [1.807, 2.05) is 12.1 Å². The molecule has 0 unspecified atom stereocenters. The molecule has 0 amide bonds. The topological polar surface area (TPSA) is 72.7 Å². The second kappa shape index (κ2) is 6.11. The molecule has 0 aliphatic rings. The van der Waals surface area contributed by atoms with Crippen molar-refractivity contribution in [3.63, 3.8) is 0 Å². The van der Waals surface area contributed by atoms with Gasteiger partial charge in [-0.05, 0) is 48.9 Å². The number of rotatable bonds is 5. The van der Waals surface area contributed by atoms with Crippen LogP contribution in [-0.4, -0.2) is 21.9 Å². The van der Waals surface area contributed by atoms with Gasteiger partial charge in [-0.1, -0.05) is 12.1 Å². The van der Waals surface area contributed by atoms with Gasteiger partial charge in [0.25, 0.3) is 0 Å². The summed E-state index contributed by atoms with van der Waals surface area (Å²) in [5.74, 6) is 0.587. The third-order valence-electron chi connectivity index (χ3n) is 2.91. The number of phenols is 3. The zero-order valence-corrected chi connectivity index (χ0v) is 10.5. The number of nitrogens with one attached hydrogen (secondary N) is 1. The third kappa shape index (κ3) is 3.89. The highest BCUT2D eigenvalue weighted by Crippen LogP contribution is 2.21. The minimum absolute atomic E-state index is 0.146. The molecule has 100 valence electrons. The molecule has 0 spiro atoms. The van der Waals surface area contributed by atoms with Crippen LogP contribution in [-0.2, 0) is 13.0 Å². The van der Waals surface area contributed by atoms with Gasteiger partial charge in [-0.2, -0.15) is 0 Å². The molecular formula is C15H17NO3. The molecule has 4 N–H and O–H groups in total. The van der Waals surface area contributed by atoms with Crippen LogP contribution in [0.3, 0.4) is 0 Å². The van der Waals surface area contributed by atoms with Gasteiger partial charge in [0.1, 0.15) is 17.2 Å². The molecule has 0 bridgehead atoms. The third-order valence-corrected chi connectivity index (χ3v) is 2.91. The summed E-state index contributed by atoms with van der Waals surface area (Å²) >= 11 is 0. The Kier molecular flexibility index (Phi) is 4.26. The van der Waals surface area contributed by atoms with E-state index in [0.29, 0.717) is 12.1 Å². The van der Waals surface area contributed by atoms with Crippen LogP contribution in [0.5, 0.6) is 17.2 Å². The molecule has 0 atom stereocenters. The maximum atomic E-state index is 9.60. The van der Waals surface area contributed by atoms with Crippen molar-refractivity contribution in [2.45, 2.75) is 13.0 Å². The van der Waals surface area contributed by atoms with E-state index in [-0.39, 0.29) is 17.2 Å². The van der Waals surface area contributed by atoms with Gasteiger partial charge in [-0.3, -0.25) is 0 Å². The fraction of sp³-hybridized carbons (Fsp3) is 0.200. The molecule has 0 aromatic heterocycles. The van der Waals surface area contributed by atoms with Gasteiger partial charge in [-0.25, -0.2) is 0 Å². The number of phenolic OH excluding ortho intramolecular Hbond substituents is 3. The van der Waals surface area contributed by atoms with Crippen molar-refractivity contribution in [3.8, 4) is 17.2 Å². The highest BCUT2D eigenvalue weighted by Gasteiger charge is 2.02. The van der Waals surface area contributed by atoms with Crippen molar-refractivity contribution in [2.24, 2.45) is 0 Å². The first-order valence-corrected chi connectivity index (χ1v) is 6.14. The van der Waals surface area contributed by atoms with Crippen molar-refractivity contribution in [1.29, 1.82) is 0 Å². The van der Waals surface area contributed by atoms with E-state index in [1.54, 1.807) is 18.2 Å². The summed E-state index contributed by atoms with van der Waals surface area (Å²) in [6.45, 7) is 1.25. The van der Waals surface area contributed by atoms with Crippen LogP contribution in [0, 0.1) is 0 Å². The minimum Gasteiger partial charge on any atom is -0.508 e. The maximum absolute atomic E-state index is 9.60. The molecule has 0 saturated heterocycles. The molecule has 0 aliphatic heterocycles. The standard InChI is InChI=1S/C15H17NO3/c17-13-3-1-11(2-4-13)7-8-16-10-12-9-14(18)5-6-15(12)19/h1-6,9,16-19H,7-8,10H2. The van der Waals surface area contributed by atoms with Crippen LogP contribution in [0.1, 0.15) is 11.1 Å². The van der Waals surface area contributed by atoms with Gasteiger partial charge in [0.2, 0.25) is 0 Å². The predicted octanol–water partition coefficient (Wildman–Crippen LogP) is 2.14. The number of hydrogen-bond donors (Lipinski definition) is 4. The second-order valence-corrected chi connectivity index (χ2v) is 4.41. The van der Waals surface area contributed by atoms with Gasteiger partial charge in [0, 0.05) is 12.1 Å². The first-order valence-electron chi connectivity index (χ1n) is 6.14. The molecular weight excluding hydrogens is 242 g/mol. The van der Waals surface area contributed by atoms with Gasteiger partial charge in [0.05, 0.1) is 0 Å². The molecule has 2 aromatic rings. The molecule has 4 nitrogen and oxygen atoms in total. The zero-order chi connectivity index (χ0) is 13.7. The fourth-order valence-corrected chi connectivity index (χ4v) is 1.83. The average molecular weight is 259 g/mol. The van der Waals surface area contributed by atoms with E-state index in [2.05, 4.69) is 5.32 Å². The maximum Gasteiger partial charge on any atom is 0.120 e. The lowest BCUT2D eigenvalue weighted by molar-refractivity contribution is 0.451. The summed E-state index contributed by atoms with van der Waals surface area (Å²) in [4.78, 5) is 0. The highest BCUT2D eigenvalue weighted by atomic mass is 16.3. The van der Waals surface area contributed by atoms with E-state index in [0.717, 1.165) is 18.5 Å². The van der Waals surface area contributed by atoms with Gasteiger partial charge >= 0.3 is 0 Å².